The van der Waals surface area contributed by atoms with E-state index in [2.05, 4.69) is 36.9 Å². The van der Waals surface area contributed by atoms with Crippen molar-refractivity contribution < 1.29 is 53.4 Å². The van der Waals surface area contributed by atoms with Crippen molar-refractivity contribution in [3.8, 4) is 0 Å². The van der Waals surface area contributed by atoms with Crippen molar-refractivity contribution in [1.29, 1.82) is 0 Å². The molecular weight excluding hydrogens is 672 g/mol. The second-order valence-corrected chi connectivity index (χ2v) is 13.0. The fourth-order valence-corrected chi connectivity index (χ4v) is 5.09. The highest BCUT2D eigenvalue weighted by Crippen LogP contribution is 2.20. The van der Waals surface area contributed by atoms with Gasteiger partial charge in [0.05, 0.1) is 25.1 Å². The Kier molecular flexibility index (Phi) is 16.8. The van der Waals surface area contributed by atoms with Gasteiger partial charge < -0.3 is 59.3 Å². The third kappa shape index (κ3) is 16.0. The molecule has 0 spiro atoms. The summed E-state index contributed by atoms with van der Waals surface area (Å²) in [4.78, 5) is 117. The molecule has 0 radical (unpaired) electrons. The van der Waals surface area contributed by atoms with Gasteiger partial charge in [0.15, 0.2) is 5.96 Å². The lowest BCUT2D eigenvalue weighted by atomic mass is 9.85. The first-order chi connectivity index (χ1) is 22.7. The molecule has 0 aromatic carbocycles. The third-order valence-electron chi connectivity index (χ3n) is 6.65. The molecule has 5 atom stereocenters. The Morgan fingerprint density at radius 3 is 1.86 bits per heavy atom. The van der Waals surface area contributed by atoms with Crippen LogP contribution in [0.25, 0.3) is 0 Å². The van der Waals surface area contributed by atoms with E-state index in [4.69, 9.17) is 17.2 Å². The molecule has 22 heteroatoms. The number of aliphatic carboxylic acids is 2. The summed E-state index contributed by atoms with van der Waals surface area (Å²) in [6.45, 7) is 3.95. The van der Waals surface area contributed by atoms with E-state index in [1.807, 2.05) is 0 Å². The third-order valence-corrected chi connectivity index (χ3v) is 7.69. The number of thioether (sulfide) groups is 1. The summed E-state index contributed by atoms with van der Waals surface area (Å²) >= 11 is 0.883. The minimum atomic E-state index is -1.86. The van der Waals surface area contributed by atoms with Gasteiger partial charge in [0.1, 0.15) is 30.2 Å². The SMILES string of the molecule is CC(C)(C)[C@H]1NC(=O)[C@@H](CC(=O)O)NC(=O)[C@@H](CC(=O)O)NC(=O)CNC(=O)[C@@H](CCCN=C(N)N)NC(=O)CSC[C@H](C(N)=O)NC1=O. The van der Waals surface area contributed by atoms with Crippen LogP contribution in [0.15, 0.2) is 4.99 Å². The first kappa shape index (κ1) is 41.9. The molecule has 21 nitrogen and oxygen atoms in total. The summed E-state index contributed by atoms with van der Waals surface area (Å²) in [5.74, 6) is -10.7. The van der Waals surface area contributed by atoms with Crippen molar-refractivity contribution >= 4 is 71.0 Å². The molecule has 1 fully saturated rings. The number of carboxylic acids is 2. The van der Waals surface area contributed by atoms with Crippen molar-refractivity contribution in [2.75, 3.05) is 24.6 Å². The van der Waals surface area contributed by atoms with Crippen LogP contribution in [-0.2, 0) is 43.2 Å². The molecule has 1 aliphatic rings. The lowest BCUT2D eigenvalue weighted by Gasteiger charge is -2.32. The van der Waals surface area contributed by atoms with Crippen LogP contribution in [0.5, 0.6) is 0 Å². The Labute approximate surface area is 285 Å². The molecule has 1 aliphatic heterocycles. The number of hydrogen-bond donors (Lipinski definition) is 11. The van der Waals surface area contributed by atoms with E-state index in [-0.39, 0.29) is 36.9 Å². The number of carbonyl (C=O) groups excluding carboxylic acids is 7. The van der Waals surface area contributed by atoms with Gasteiger partial charge in [-0.2, -0.15) is 0 Å². The van der Waals surface area contributed by atoms with Crippen molar-refractivity contribution in [1.82, 2.24) is 31.9 Å². The normalized spacial score (nSPS) is 23.9. The molecule has 49 heavy (non-hydrogen) atoms. The zero-order valence-corrected chi connectivity index (χ0v) is 28.0. The predicted octanol–water partition coefficient (Wildman–Crippen LogP) is -5.19. The number of amides is 7. The number of aliphatic imine (C=N–C) groups is 1. The molecule has 14 N–H and O–H groups in total. The highest BCUT2D eigenvalue weighted by atomic mass is 32.2. The van der Waals surface area contributed by atoms with Crippen molar-refractivity contribution in [3.63, 3.8) is 0 Å². The van der Waals surface area contributed by atoms with Crippen LogP contribution in [0, 0.1) is 5.41 Å². The maximum atomic E-state index is 13.3. The van der Waals surface area contributed by atoms with Gasteiger partial charge in [-0.3, -0.25) is 48.1 Å². The number of nitrogens with zero attached hydrogens (tertiary/aromatic N) is 1. The van der Waals surface area contributed by atoms with Crippen LogP contribution in [0.1, 0.15) is 46.5 Å². The molecule has 1 rings (SSSR count). The standard InChI is InChI=1S/C27H44N10O11S/c1-27(2,3)20-25(48)36-15(21(28)44)10-49-11-17(39)33-12(5-4-6-31-26(29)30)22(45)32-9-16(38)34-13(7-18(40)41)23(46)35-14(8-19(42)43)24(47)37-20/h12-15,20H,4-11H2,1-3H3,(H2,28,44)(H,32,45)(H,33,39)(H,34,38)(H,35,46)(H,36,48)(H,37,47)(H,40,41)(H,42,43)(H4,29,30,31)/t12-,13-,14-,15-,20+/m1/s1. The largest absolute Gasteiger partial charge is 0.481 e. The smallest absolute Gasteiger partial charge is 0.305 e. The summed E-state index contributed by atoms with van der Waals surface area (Å²) in [5.41, 5.74) is 15.0. The summed E-state index contributed by atoms with van der Waals surface area (Å²) < 4.78 is 0. The number of hydrogen-bond acceptors (Lipinski definition) is 11. The molecule has 0 aromatic heterocycles. The van der Waals surface area contributed by atoms with Gasteiger partial charge in [-0.1, -0.05) is 20.8 Å². The van der Waals surface area contributed by atoms with E-state index in [9.17, 15) is 53.4 Å². The van der Waals surface area contributed by atoms with Gasteiger partial charge in [-0.25, -0.2) is 0 Å². The van der Waals surface area contributed by atoms with Crippen LogP contribution in [0.2, 0.25) is 0 Å². The quantitative estimate of drug-likeness (QED) is 0.0604. The Bertz CT molecular complexity index is 1320. The topological polar surface area (TPSA) is 357 Å². The lowest BCUT2D eigenvalue weighted by molar-refractivity contribution is -0.143. The molecule has 274 valence electrons. The highest BCUT2D eigenvalue weighted by Gasteiger charge is 2.38. The molecule has 0 aliphatic carbocycles. The molecule has 0 aromatic rings. The summed E-state index contributed by atoms with van der Waals surface area (Å²) in [7, 11) is 0. The van der Waals surface area contributed by atoms with E-state index in [0.29, 0.717) is 0 Å². The monoisotopic (exact) mass is 716 g/mol. The maximum Gasteiger partial charge on any atom is 0.305 e. The summed E-state index contributed by atoms with van der Waals surface area (Å²) in [5, 5.41) is 32.5. The molecule has 0 unspecified atom stereocenters. The fraction of sp³-hybridized carbons (Fsp3) is 0.630. The van der Waals surface area contributed by atoms with Crippen LogP contribution in [0.4, 0.5) is 0 Å². The van der Waals surface area contributed by atoms with Crippen molar-refractivity contribution in [3.05, 3.63) is 0 Å². The number of primary amides is 1. The first-order valence-electron chi connectivity index (χ1n) is 14.8. The second-order valence-electron chi connectivity index (χ2n) is 12.0. The number of rotatable bonds is 9. The summed E-state index contributed by atoms with van der Waals surface area (Å²) in [6, 6.07) is -7.68. The van der Waals surface area contributed by atoms with E-state index >= 15 is 0 Å². The molecule has 7 amide bonds. The molecule has 1 saturated heterocycles. The zero-order valence-electron chi connectivity index (χ0n) is 27.2. The van der Waals surface area contributed by atoms with Crippen LogP contribution in [0.3, 0.4) is 0 Å². The van der Waals surface area contributed by atoms with Gasteiger partial charge in [0.2, 0.25) is 41.4 Å². The highest BCUT2D eigenvalue weighted by molar-refractivity contribution is 8.00. The number of guanidine groups is 1. The molecule has 0 saturated carbocycles. The first-order valence-corrected chi connectivity index (χ1v) is 16.0. The average molecular weight is 717 g/mol. The Morgan fingerprint density at radius 2 is 1.33 bits per heavy atom. The molecule has 1 heterocycles. The second kappa shape index (κ2) is 19.6. The van der Waals surface area contributed by atoms with Gasteiger partial charge >= 0.3 is 11.9 Å². The predicted molar refractivity (Wildman–Crippen MR) is 173 cm³/mol. The number of carbonyl (C=O) groups is 9. The molecular formula is C27H44N10O11S. The maximum absolute atomic E-state index is 13.3. The minimum absolute atomic E-state index is 0.00480. The Hall–Kier alpha value is -5.15. The van der Waals surface area contributed by atoms with Gasteiger partial charge in [0.25, 0.3) is 0 Å². The lowest BCUT2D eigenvalue weighted by Crippen LogP contribution is -2.61. The van der Waals surface area contributed by atoms with E-state index in [0.717, 1.165) is 11.8 Å². The minimum Gasteiger partial charge on any atom is -0.481 e. The Morgan fingerprint density at radius 1 is 0.776 bits per heavy atom. The Balaban J connectivity index is 3.51. The zero-order chi connectivity index (χ0) is 37.5. The number of nitrogens with two attached hydrogens (primary N) is 3. The average Bonchev–Trinajstić information content (AvgIpc) is 2.96. The van der Waals surface area contributed by atoms with E-state index in [1.54, 1.807) is 20.8 Å². The van der Waals surface area contributed by atoms with E-state index in [1.165, 1.54) is 0 Å². The van der Waals surface area contributed by atoms with Crippen molar-refractivity contribution in [2.24, 2.45) is 27.6 Å². The van der Waals surface area contributed by atoms with Gasteiger partial charge in [0, 0.05) is 12.3 Å². The summed E-state index contributed by atoms with van der Waals surface area (Å²) in [6.07, 6.45) is -1.79. The number of nitrogens with one attached hydrogen (secondary N) is 6. The fourth-order valence-electron chi connectivity index (χ4n) is 4.22. The van der Waals surface area contributed by atoms with Crippen molar-refractivity contribution in [2.45, 2.75) is 76.7 Å². The van der Waals surface area contributed by atoms with Crippen LogP contribution < -0.4 is 49.1 Å². The van der Waals surface area contributed by atoms with Crippen LogP contribution in [-0.4, -0.2) is 124 Å². The van der Waals surface area contributed by atoms with Gasteiger partial charge in [-0.05, 0) is 18.3 Å². The molecule has 0 bridgehead atoms. The van der Waals surface area contributed by atoms with Gasteiger partial charge in [-0.15, -0.1) is 11.8 Å². The number of carboxylic acid groups (broad SMARTS) is 2. The van der Waals surface area contributed by atoms with E-state index < -0.39 is 108 Å². The van der Waals surface area contributed by atoms with Crippen LogP contribution >= 0.6 is 11.8 Å².